The summed E-state index contributed by atoms with van der Waals surface area (Å²) >= 11 is 0. The molecule has 1 saturated heterocycles. The predicted octanol–water partition coefficient (Wildman–Crippen LogP) is 0.960. The minimum Gasteiger partial charge on any atom is -0.376 e. The Morgan fingerprint density at radius 2 is 2.19 bits per heavy atom. The van der Waals surface area contributed by atoms with E-state index >= 15 is 0 Å². The van der Waals surface area contributed by atoms with Gasteiger partial charge in [0.2, 0.25) is 0 Å². The van der Waals surface area contributed by atoms with Gasteiger partial charge in [-0.3, -0.25) is 4.68 Å². The fourth-order valence-corrected chi connectivity index (χ4v) is 2.86. The fourth-order valence-electron chi connectivity index (χ4n) is 2.86. The molecule has 0 bridgehead atoms. The minimum absolute atomic E-state index is 0.637. The van der Waals surface area contributed by atoms with E-state index in [0.29, 0.717) is 5.92 Å². The first-order valence-corrected chi connectivity index (χ1v) is 6.19. The van der Waals surface area contributed by atoms with Gasteiger partial charge in [0.05, 0.1) is 18.9 Å². The Morgan fingerprint density at radius 3 is 3.00 bits per heavy atom. The Balaban J connectivity index is 1.93. The SMILES string of the molecule is Cn1nc(C2CCNCC2)c2c1CCOC2. The molecule has 3 heterocycles. The number of piperidine rings is 1. The number of ether oxygens (including phenoxy) is 1. The zero-order chi connectivity index (χ0) is 11.0. The number of aryl methyl sites for hydroxylation is 1. The van der Waals surface area contributed by atoms with Crippen LogP contribution in [0.4, 0.5) is 0 Å². The van der Waals surface area contributed by atoms with E-state index in [1.807, 2.05) is 0 Å². The average molecular weight is 221 g/mol. The van der Waals surface area contributed by atoms with Crippen molar-refractivity contribution in [2.75, 3.05) is 19.7 Å². The molecule has 4 nitrogen and oxygen atoms in total. The van der Waals surface area contributed by atoms with Gasteiger partial charge in [0.15, 0.2) is 0 Å². The first kappa shape index (κ1) is 10.3. The smallest absolute Gasteiger partial charge is 0.0753 e. The summed E-state index contributed by atoms with van der Waals surface area (Å²) in [5.41, 5.74) is 4.07. The predicted molar refractivity (Wildman–Crippen MR) is 61.4 cm³/mol. The van der Waals surface area contributed by atoms with Crippen LogP contribution in [0.1, 0.15) is 35.7 Å². The van der Waals surface area contributed by atoms with Crippen molar-refractivity contribution >= 4 is 0 Å². The zero-order valence-electron chi connectivity index (χ0n) is 9.83. The number of nitrogens with zero attached hydrogens (tertiary/aromatic N) is 2. The highest BCUT2D eigenvalue weighted by Crippen LogP contribution is 2.30. The summed E-state index contributed by atoms with van der Waals surface area (Å²) in [6.07, 6.45) is 3.44. The molecule has 88 valence electrons. The highest BCUT2D eigenvalue weighted by Gasteiger charge is 2.26. The number of fused-ring (bicyclic) bond motifs is 1. The molecule has 1 aromatic heterocycles. The summed E-state index contributed by atoms with van der Waals surface area (Å²) in [5.74, 6) is 0.637. The summed E-state index contributed by atoms with van der Waals surface area (Å²) in [6, 6.07) is 0. The van der Waals surface area contributed by atoms with Crippen LogP contribution in [0.5, 0.6) is 0 Å². The van der Waals surface area contributed by atoms with Crippen molar-refractivity contribution in [3.05, 3.63) is 17.0 Å². The summed E-state index contributed by atoms with van der Waals surface area (Å²) < 4.78 is 7.64. The highest BCUT2D eigenvalue weighted by atomic mass is 16.5. The molecule has 0 aliphatic carbocycles. The Bertz CT molecular complexity index is 380. The van der Waals surface area contributed by atoms with E-state index < -0.39 is 0 Å². The van der Waals surface area contributed by atoms with Crippen LogP contribution in [0.3, 0.4) is 0 Å². The van der Waals surface area contributed by atoms with E-state index in [4.69, 9.17) is 9.84 Å². The Kier molecular flexibility index (Phi) is 2.69. The van der Waals surface area contributed by atoms with Gasteiger partial charge in [0.25, 0.3) is 0 Å². The molecule has 0 atom stereocenters. The standard InChI is InChI=1S/C12H19N3O/c1-15-11-4-7-16-8-10(11)12(14-15)9-2-5-13-6-3-9/h9,13H,2-8H2,1H3. The second-order valence-electron chi connectivity index (χ2n) is 4.76. The second kappa shape index (κ2) is 4.18. The normalized spacial score (nSPS) is 22.1. The quantitative estimate of drug-likeness (QED) is 0.767. The number of nitrogens with one attached hydrogen (secondary N) is 1. The summed E-state index contributed by atoms with van der Waals surface area (Å²) in [5, 5.41) is 8.13. The zero-order valence-corrected chi connectivity index (χ0v) is 9.83. The molecule has 0 saturated carbocycles. The molecule has 0 unspecified atom stereocenters. The number of rotatable bonds is 1. The van der Waals surface area contributed by atoms with Gasteiger partial charge in [-0.05, 0) is 25.9 Å². The van der Waals surface area contributed by atoms with Gasteiger partial charge in [0.1, 0.15) is 0 Å². The van der Waals surface area contributed by atoms with Crippen molar-refractivity contribution in [3.63, 3.8) is 0 Å². The van der Waals surface area contributed by atoms with Crippen LogP contribution in [0.2, 0.25) is 0 Å². The molecule has 0 spiro atoms. The van der Waals surface area contributed by atoms with Crippen LogP contribution in [-0.4, -0.2) is 29.5 Å². The Hall–Kier alpha value is -0.870. The lowest BCUT2D eigenvalue weighted by Gasteiger charge is -2.23. The summed E-state index contributed by atoms with van der Waals surface area (Å²) in [4.78, 5) is 0. The average Bonchev–Trinajstić information content (AvgIpc) is 2.69. The third kappa shape index (κ3) is 1.66. The van der Waals surface area contributed by atoms with E-state index in [9.17, 15) is 0 Å². The second-order valence-corrected chi connectivity index (χ2v) is 4.76. The molecule has 0 amide bonds. The van der Waals surface area contributed by atoms with Crippen molar-refractivity contribution in [1.82, 2.24) is 15.1 Å². The van der Waals surface area contributed by atoms with Gasteiger partial charge in [0, 0.05) is 30.6 Å². The first-order chi connectivity index (χ1) is 7.86. The van der Waals surface area contributed by atoms with Gasteiger partial charge in [-0.25, -0.2) is 0 Å². The molecule has 16 heavy (non-hydrogen) atoms. The minimum atomic E-state index is 0.637. The van der Waals surface area contributed by atoms with Gasteiger partial charge >= 0.3 is 0 Å². The maximum Gasteiger partial charge on any atom is 0.0753 e. The molecule has 2 aliphatic rings. The molecule has 4 heteroatoms. The molecule has 3 rings (SSSR count). The summed E-state index contributed by atoms with van der Waals surface area (Å²) in [6.45, 7) is 3.86. The molecule has 2 aliphatic heterocycles. The molecular formula is C12H19N3O. The number of hydrogen-bond acceptors (Lipinski definition) is 3. The first-order valence-electron chi connectivity index (χ1n) is 6.19. The maximum absolute atomic E-state index is 5.57. The van der Waals surface area contributed by atoms with Crippen LogP contribution >= 0.6 is 0 Å². The summed E-state index contributed by atoms with van der Waals surface area (Å²) in [7, 11) is 2.06. The highest BCUT2D eigenvalue weighted by molar-refractivity contribution is 5.30. The van der Waals surface area contributed by atoms with Crippen molar-refractivity contribution in [1.29, 1.82) is 0 Å². The van der Waals surface area contributed by atoms with Crippen LogP contribution < -0.4 is 5.32 Å². The van der Waals surface area contributed by atoms with Gasteiger partial charge in [-0.15, -0.1) is 0 Å². The molecule has 1 aromatic rings. The van der Waals surface area contributed by atoms with E-state index in [-0.39, 0.29) is 0 Å². The third-order valence-corrected chi connectivity index (χ3v) is 3.76. The monoisotopic (exact) mass is 221 g/mol. The fraction of sp³-hybridized carbons (Fsp3) is 0.750. The maximum atomic E-state index is 5.57. The van der Waals surface area contributed by atoms with Crippen molar-refractivity contribution < 1.29 is 4.74 Å². The lowest BCUT2D eigenvalue weighted by molar-refractivity contribution is 0.108. The topological polar surface area (TPSA) is 39.1 Å². The Labute approximate surface area is 96.0 Å². The largest absolute Gasteiger partial charge is 0.376 e. The van der Waals surface area contributed by atoms with Crippen molar-refractivity contribution in [2.45, 2.75) is 31.8 Å². The third-order valence-electron chi connectivity index (χ3n) is 3.76. The van der Waals surface area contributed by atoms with Gasteiger partial charge < -0.3 is 10.1 Å². The lowest BCUT2D eigenvalue weighted by Crippen LogP contribution is -2.27. The van der Waals surface area contributed by atoms with Crippen molar-refractivity contribution in [2.24, 2.45) is 7.05 Å². The van der Waals surface area contributed by atoms with E-state index in [2.05, 4.69) is 17.0 Å². The van der Waals surface area contributed by atoms with Crippen molar-refractivity contribution in [3.8, 4) is 0 Å². The van der Waals surface area contributed by atoms with Crippen LogP contribution in [0.25, 0.3) is 0 Å². The Morgan fingerprint density at radius 1 is 1.38 bits per heavy atom. The van der Waals surface area contributed by atoms with Crippen LogP contribution in [0, 0.1) is 0 Å². The van der Waals surface area contributed by atoms with E-state index in [0.717, 1.165) is 32.7 Å². The number of aromatic nitrogens is 2. The molecule has 0 radical (unpaired) electrons. The van der Waals surface area contributed by atoms with E-state index in [1.54, 1.807) is 0 Å². The lowest BCUT2D eigenvalue weighted by atomic mass is 9.91. The van der Waals surface area contributed by atoms with Gasteiger partial charge in [-0.1, -0.05) is 0 Å². The number of hydrogen-bond donors (Lipinski definition) is 1. The molecule has 0 aromatic carbocycles. The van der Waals surface area contributed by atoms with Crippen LogP contribution in [-0.2, 0) is 24.8 Å². The van der Waals surface area contributed by atoms with Gasteiger partial charge in [-0.2, -0.15) is 5.10 Å². The molecule has 1 fully saturated rings. The van der Waals surface area contributed by atoms with Crippen LogP contribution in [0.15, 0.2) is 0 Å². The molecular weight excluding hydrogens is 202 g/mol. The van der Waals surface area contributed by atoms with E-state index in [1.165, 1.54) is 29.8 Å². The molecule has 1 N–H and O–H groups in total.